The van der Waals surface area contributed by atoms with Gasteiger partial charge in [-0.1, -0.05) is 0 Å². The van der Waals surface area contributed by atoms with Crippen molar-refractivity contribution in [1.29, 1.82) is 0 Å². The first kappa shape index (κ1) is 15.9. The van der Waals surface area contributed by atoms with E-state index in [0.717, 1.165) is 23.3 Å². The Bertz CT molecular complexity index is 570. The van der Waals surface area contributed by atoms with Crippen LogP contribution in [-0.4, -0.2) is 55.2 Å². The Hall–Kier alpha value is -0.440. The minimum atomic E-state index is -2.92. The molecule has 0 bridgehead atoms. The first-order valence-corrected chi connectivity index (χ1v) is 9.23. The molecule has 20 heavy (non-hydrogen) atoms. The van der Waals surface area contributed by atoms with Crippen molar-refractivity contribution in [2.24, 2.45) is 11.7 Å². The molecule has 1 saturated heterocycles. The quantitative estimate of drug-likeness (QED) is 0.828. The smallest absolute Gasteiger partial charge is 0.150 e. The highest BCUT2D eigenvalue weighted by atomic mass is 79.9. The summed E-state index contributed by atoms with van der Waals surface area (Å²) >= 11 is 3.47. The Morgan fingerprint density at radius 3 is 2.85 bits per heavy atom. The number of aromatic nitrogens is 2. The second kappa shape index (κ2) is 6.13. The van der Waals surface area contributed by atoms with Gasteiger partial charge in [0.2, 0.25) is 0 Å². The van der Waals surface area contributed by atoms with Gasteiger partial charge in [0.15, 0.2) is 9.84 Å². The number of hydrogen-bond acceptors (Lipinski definition) is 5. The van der Waals surface area contributed by atoms with Gasteiger partial charge in [0.05, 0.1) is 40.5 Å². The van der Waals surface area contributed by atoms with Gasteiger partial charge in [-0.2, -0.15) is 5.10 Å². The molecule has 2 unspecified atom stereocenters. The zero-order valence-corrected chi connectivity index (χ0v) is 14.2. The zero-order valence-electron chi connectivity index (χ0n) is 11.8. The summed E-state index contributed by atoms with van der Waals surface area (Å²) in [4.78, 5) is 2.07. The van der Waals surface area contributed by atoms with Gasteiger partial charge in [0.25, 0.3) is 0 Å². The highest BCUT2D eigenvalue weighted by molar-refractivity contribution is 9.10. The third-order valence-electron chi connectivity index (χ3n) is 3.68. The molecular weight excluding hydrogens is 344 g/mol. The lowest BCUT2D eigenvalue weighted by atomic mass is 9.97. The van der Waals surface area contributed by atoms with Gasteiger partial charge in [0.1, 0.15) is 0 Å². The summed E-state index contributed by atoms with van der Waals surface area (Å²) in [6, 6.07) is -0.300. The Morgan fingerprint density at radius 2 is 2.30 bits per heavy atom. The standard InChI is InChI=1S/C12H21BrN4O2S/c1-16(2)4-5-17-12(10(13)7-15-17)11(14)9-3-6-20(18,19)8-9/h7,9,11H,3-6,8,14H2,1-2H3. The van der Waals surface area contributed by atoms with Crippen molar-refractivity contribution in [2.45, 2.75) is 19.0 Å². The van der Waals surface area contributed by atoms with Crippen LogP contribution < -0.4 is 5.73 Å². The van der Waals surface area contributed by atoms with Crippen molar-refractivity contribution in [1.82, 2.24) is 14.7 Å². The van der Waals surface area contributed by atoms with E-state index in [2.05, 4.69) is 25.9 Å². The summed E-state index contributed by atoms with van der Waals surface area (Å²) < 4.78 is 25.9. The molecular formula is C12H21BrN4O2S. The van der Waals surface area contributed by atoms with Crippen LogP contribution in [0.4, 0.5) is 0 Å². The lowest BCUT2D eigenvalue weighted by Crippen LogP contribution is -2.28. The highest BCUT2D eigenvalue weighted by Gasteiger charge is 2.34. The number of likely N-dealkylation sites (N-methyl/N-ethyl adjacent to an activating group) is 1. The maximum atomic E-state index is 11.6. The number of halogens is 1. The summed E-state index contributed by atoms with van der Waals surface area (Å²) in [6.45, 7) is 1.60. The Kier molecular flexibility index (Phi) is 4.88. The number of sulfone groups is 1. The monoisotopic (exact) mass is 364 g/mol. The molecule has 0 aliphatic carbocycles. The van der Waals surface area contributed by atoms with Crippen LogP contribution in [0.15, 0.2) is 10.7 Å². The van der Waals surface area contributed by atoms with Crippen LogP contribution in [-0.2, 0) is 16.4 Å². The van der Waals surface area contributed by atoms with E-state index in [1.54, 1.807) is 6.20 Å². The van der Waals surface area contributed by atoms with E-state index in [1.165, 1.54) is 0 Å². The topological polar surface area (TPSA) is 81.2 Å². The molecule has 0 aromatic carbocycles. The van der Waals surface area contributed by atoms with Gasteiger partial charge < -0.3 is 10.6 Å². The number of rotatable bonds is 5. The van der Waals surface area contributed by atoms with E-state index < -0.39 is 9.84 Å². The second-order valence-corrected chi connectivity index (χ2v) is 8.68. The SMILES string of the molecule is CN(C)CCn1ncc(Br)c1C(N)C1CCS(=O)(=O)C1. The molecule has 0 spiro atoms. The molecule has 0 amide bonds. The third kappa shape index (κ3) is 3.60. The minimum absolute atomic E-state index is 0.0221. The second-order valence-electron chi connectivity index (χ2n) is 5.59. The Labute approximate surface area is 128 Å². The fourth-order valence-electron chi connectivity index (χ4n) is 2.51. The summed E-state index contributed by atoms with van der Waals surface area (Å²) in [5, 5.41) is 4.33. The minimum Gasteiger partial charge on any atom is -0.322 e. The average molecular weight is 365 g/mol. The third-order valence-corrected chi connectivity index (χ3v) is 6.09. The molecule has 2 N–H and O–H groups in total. The number of hydrogen-bond donors (Lipinski definition) is 1. The van der Waals surface area contributed by atoms with E-state index in [4.69, 9.17) is 5.73 Å². The molecule has 1 aromatic rings. The highest BCUT2D eigenvalue weighted by Crippen LogP contribution is 2.33. The molecule has 1 aliphatic heterocycles. The van der Waals surface area contributed by atoms with Gasteiger partial charge in [-0.05, 0) is 42.4 Å². The van der Waals surface area contributed by atoms with Gasteiger partial charge >= 0.3 is 0 Å². The van der Waals surface area contributed by atoms with Crippen LogP contribution in [0, 0.1) is 5.92 Å². The van der Waals surface area contributed by atoms with Crippen LogP contribution in [0.25, 0.3) is 0 Å². The molecule has 1 fully saturated rings. The van der Waals surface area contributed by atoms with Gasteiger partial charge in [-0.25, -0.2) is 8.42 Å². The fraction of sp³-hybridized carbons (Fsp3) is 0.750. The number of nitrogens with two attached hydrogens (primary N) is 1. The molecule has 2 heterocycles. The van der Waals surface area contributed by atoms with Crippen LogP contribution in [0.3, 0.4) is 0 Å². The van der Waals surface area contributed by atoms with Gasteiger partial charge in [-0.15, -0.1) is 0 Å². The summed E-state index contributed by atoms with van der Waals surface area (Å²) in [7, 11) is 1.09. The van der Waals surface area contributed by atoms with Crippen molar-refractivity contribution < 1.29 is 8.42 Å². The molecule has 8 heteroatoms. The van der Waals surface area contributed by atoms with Crippen molar-refractivity contribution in [2.75, 3.05) is 32.1 Å². The number of nitrogens with zero attached hydrogens (tertiary/aromatic N) is 3. The van der Waals surface area contributed by atoms with Crippen LogP contribution in [0.1, 0.15) is 18.2 Å². The van der Waals surface area contributed by atoms with Crippen molar-refractivity contribution in [3.63, 3.8) is 0 Å². The Morgan fingerprint density at radius 1 is 1.60 bits per heavy atom. The van der Waals surface area contributed by atoms with Crippen LogP contribution >= 0.6 is 15.9 Å². The van der Waals surface area contributed by atoms with E-state index in [0.29, 0.717) is 6.42 Å². The maximum absolute atomic E-state index is 11.6. The fourth-order valence-corrected chi connectivity index (χ4v) is 4.92. The van der Waals surface area contributed by atoms with Crippen molar-refractivity contribution in [3.8, 4) is 0 Å². The van der Waals surface area contributed by atoms with E-state index >= 15 is 0 Å². The predicted molar refractivity (Wildman–Crippen MR) is 82.2 cm³/mol. The molecule has 0 radical (unpaired) electrons. The zero-order chi connectivity index (χ0) is 14.9. The van der Waals surface area contributed by atoms with E-state index in [9.17, 15) is 8.42 Å². The largest absolute Gasteiger partial charge is 0.322 e. The van der Waals surface area contributed by atoms with E-state index in [-0.39, 0.29) is 23.5 Å². The normalized spacial score (nSPS) is 23.4. The lowest BCUT2D eigenvalue weighted by Gasteiger charge is -2.21. The van der Waals surface area contributed by atoms with Crippen LogP contribution in [0.2, 0.25) is 0 Å². The van der Waals surface area contributed by atoms with Crippen molar-refractivity contribution >= 4 is 25.8 Å². The molecule has 1 aliphatic rings. The first-order chi connectivity index (χ1) is 9.30. The Balaban J connectivity index is 2.17. The molecule has 6 nitrogen and oxygen atoms in total. The average Bonchev–Trinajstić information content (AvgIpc) is 2.89. The first-order valence-electron chi connectivity index (χ1n) is 6.62. The van der Waals surface area contributed by atoms with Gasteiger partial charge in [0, 0.05) is 6.54 Å². The summed E-state index contributed by atoms with van der Waals surface area (Å²) in [5.74, 6) is 0.403. The van der Waals surface area contributed by atoms with Gasteiger partial charge in [-0.3, -0.25) is 4.68 Å². The summed E-state index contributed by atoms with van der Waals surface area (Å²) in [6.07, 6.45) is 2.36. The molecule has 114 valence electrons. The van der Waals surface area contributed by atoms with E-state index in [1.807, 2.05) is 18.8 Å². The molecule has 2 atom stereocenters. The van der Waals surface area contributed by atoms with Crippen LogP contribution in [0.5, 0.6) is 0 Å². The molecule has 0 saturated carbocycles. The lowest BCUT2D eigenvalue weighted by molar-refractivity contribution is 0.358. The predicted octanol–water partition coefficient (Wildman–Crippen LogP) is 0.642. The molecule has 1 aromatic heterocycles. The maximum Gasteiger partial charge on any atom is 0.150 e. The summed E-state index contributed by atoms with van der Waals surface area (Å²) in [5.41, 5.74) is 7.20. The van der Waals surface area contributed by atoms with Crippen molar-refractivity contribution in [3.05, 3.63) is 16.4 Å². The molecule has 2 rings (SSSR count).